The molecule has 3 rings (SSSR count). The molecule has 0 amide bonds. The van der Waals surface area contributed by atoms with E-state index in [4.69, 9.17) is 9.47 Å². The molecule has 1 fully saturated rings. The van der Waals surface area contributed by atoms with Crippen molar-refractivity contribution in [2.24, 2.45) is 0 Å². The van der Waals surface area contributed by atoms with Crippen molar-refractivity contribution in [3.05, 3.63) is 41.7 Å². The number of hydrogen-bond donors (Lipinski definition) is 1. The number of halogens is 1. The average Bonchev–Trinajstić information content (AvgIpc) is 3.10. The van der Waals surface area contributed by atoms with Crippen LogP contribution in [0.3, 0.4) is 0 Å². The summed E-state index contributed by atoms with van der Waals surface area (Å²) in [6.45, 7) is 7.89. The second-order valence-electron chi connectivity index (χ2n) is 7.63. The largest absolute Gasteiger partial charge is 0.494 e. The lowest BCUT2D eigenvalue weighted by molar-refractivity contribution is 0.0336. The summed E-state index contributed by atoms with van der Waals surface area (Å²) in [5.74, 6) is 0.765. The molecule has 0 aliphatic carbocycles. The molecule has 0 bridgehead atoms. The molecule has 2 aromatic rings. The van der Waals surface area contributed by atoms with Crippen LogP contribution in [0.1, 0.15) is 45.0 Å². The van der Waals surface area contributed by atoms with Crippen molar-refractivity contribution in [2.75, 3.05) is 20.3 Å². The number of benzene rings is 1. The van der Waals surface area contributed by atoms with Gasteiger partial charge in [0, 0.05) is 18.8 Å². The van der Waals surface area contributed by atoms with Gasteiger partial charge in [-0.3, -0.25) is 0 Å². The second kappa shape index (κ2) is 7.32. The molecule has 2 heterocycles. The maximum absolute atomic E-state index is 15.0. The average molecular weight is 362 g/mol. The minimum Gasteiger partial charge on any atom is -0.494 e. The van der Waals surface area contributed by atoms with E-state index in [1.165, 1.54) is 7.11 Å². The smallest absolute Gasteiger partial charge is 0.170 e. The first kappa shape index (κ1) is 18.8. The molecule has 0 atom stereocenters. The number of nitrogens with zero attached hydrogens (tertiary/aromatic N) is 3. The Kier molecular flexibility index (Phi) is 5.29. The van der Waals surface area contributed by atoms with Crippen molar-refractivity contribution in [3.63, 3.8) is 0 Å². The third kappa shape index (κ3) is 3.59. The van der Waals surface area contributed by atoms with Gasteiger partial charge in [0.2, 0.25) is 0 Å². The summed E-state index contributed by atoms with van der Waals surface area (Å²) >= 11 is 0. The first-order valence-electron chi connectivity index (χ1n) is 8.92. The van der Waals surface area contributed by atoms with Gasteiger partial charge in [0.15, 0.2) is 11.6 Å². The van der Waals surface area contributed by atoms with Crippen molar-refractivity contribution in [3.8, 4) is 5.75 Å². The van der Waals surface area contributed by atoms with E-state index in [1.54, 1.807) is 12.4 Å². The van der Waals surface area contributed by atoms with Crippen molar-refractivity contribution in [1.29, 1.82) is 0 Å². The van der Waals surface area contributed by atoms with Gasteiger partial charge in [0.1, 0.15) is 12.2 Å². The monoisotopic (exact) mass is 362 g/mol. The molecule has 1 N–H and O–H groups in total. The predicted octanol–water partition coefficient (Wildman–Crippen LogP) is 2.98. The lowest BCUT2D eigenvalue weighted by Gasteiger charge is -2.39. The van der Waals surface area contributed by atoms with Crippen LogP contribution < -0.4 is 10.1 Å². The fourth-order valence-corrected chi connectivity index (χ4v) is 3.49. The fraction of sp³-hybridized carbons (Fsp3) is 0.579. The molecule has 0 spiro atoms. The zero-order valence-corrected chi connectivity index (χ0v) is 15.9. The van der Waals surface area contributed by atoms with E-state index in [0.717, 1.165) is 5.82 Å². The molecule has 1 aliphatic rings. The van der Waals surface area contributed by atoms with E-state index < -0.39 is 5.54 Å². The molecule has 6 nitrogen and oxygen atoms in total. The number of hydrogen-bond acceptors (Lipinski definition) is 5. The van der Waals surface area contributed by atoms with Gasteiger partial charge in [-0.2, -0.15) is 5.10 Å². The van der Waals surface area contributed by atoms with Gasteiger partial charge >= 0.3 is 0 Å². The van der Waals surface area contributed by atoms with Crippen LogP contribution in [0.15, 0.2) is 24.5 Å². The number of aromatic nitrogens is 3. The second-order valence-corrected chi connectivity index (χ2v) is 7.63. The van der Waals surface area contributed by atoms with Crippen molar-refractivity contribution in [2.45, 2.75) is 51.2 Å². The quantitative estimate of drug-likeness (QED) is 0.886. The molecule has 7 heteroatoms. The number of ether oxygens (including phenoxy) is 2. The highest BCUT2D eigenvalue weighted by Crippen LogP contribution is 2.36. The molecule has 142 valence electrons. The number of methoxy groups -OCH3 is 1. The standard InChI is InChI=1S/C19H27FN4O2/c1-18(2,3)24-16(21-13-23-24)12-22-19(8-10-26-11-9-19)14-6-5-7-15(25-4)17(14)20/h5-7,13,22H,8-12H2,1-4H3. The van der Waals surface area contributed by atoms with Gasteiger partial charge in [-0.05, 0) is 39.7 Å². The Morgan fingerprint density at radius 1 is 1.31 bits per heavy atom. The van der Waals surface area contributed by atoms with E-state index in [0.29, 0.717) is 38.2 Å². The first-order chi connectivity index (χ1) is 12.4. The van der Waals surface area contributed by atoms with Crippen LogP contribution in [-0.2, 0) is 22.4 Å². The summed E-state index contributed by atoms with van der Waals surface area (Å²) in [5.41, 5.74) is -0.0784. The summed E-state index contributed by atoms with van der Waals surface area (Å²) in [6, 6.07) is 5.29. The van der Waals surface area contributed by atoms with E-state index in [2.05, 4.69) is 36.2 Å². The molecule has 26 heavy (non-hydrogen) atoms. The lowest BCUT2D eigenvalue weighted by atomic mass is 9.82. The van der Waals surface area contributed by atoms with E-state index in [-0.39, 0.29) is 17.1 Å². The van der Waals surface area contributed by atoms with Gasteiger partial charge in [-0.1, -0.05) is 12.1 Å². The highest BCUT2D eigenvalue weighted by atomic mass is 19.1. The highest BCUT2D eigenvalue weighted by molar-refractivity contribution is 5.36. The van der Waals surface area contributed by atoms with Crippen LogP contribution in [0.25, 0.3) is 0 Å². The van der Waals surface area contributed by atoms with Crippen LogP contribution in [0, 0.1) is 5.82 Å². The maximum Gasteiger partial charge on any atom is 0.170 e. The molecule has 1 aliphatic heterocycles. The van der Waals surface area contributed by atoms with Crippen LogP contribution in [-0.4, -0.2) is 35.1 Å². The number of rotatable bonds is 5. The Labute approximate surface area is 153 Å². The first-order valence-corrected chi connectivity index (χ1v) is 8.92. The Bertz CT molecular complexity index is 748. The molecule has 1 saturated heterocycles. The van der Waals surface area contributed by atoms with Gasteiger partial charge < -0.3 is 14.8 Å². The summed E-state index contributed by atoms with van der Waals surface area (Å²) in [4.78, 5) is 4.39. The van der Waals surface area contributed by atoms with Crippen molar-refractivity contribution in [1.82, 2.24) is 20.1 Å². The normalized spacial score (nSPS) is 17.3. The summed E-state index contributed by atoms with van der Waals surface area (Å²) in [5, 5.41) is 7.90. The Morgan fingerprint density at radius 3 is 2.69 bits per heavy atom. The Morgan fingerprint density at radius 2 is 2.04 bits per heavy atom. The minimum absolute atomic E-state index is 0.169. The molecule has 0 unspecified atom stereocenters. The summed E-state index contributed by atoms with van der Waals surface area (Å²) in [7, 11) is 1.48. The SMILES string of the molecule is COc1cccc(C2(NCc3ncnn3C(C)(C)C)CCOCC2)c1F. The summed E-state index contributed by atoms with van der Waals surface area (Å²) in [6.07, 6.45) is 2.92. The Hall–Kier alpha value is -1.99. The molecular formula is C19H27FN4O2. The highest BCUT2D eigenvalue weighted by Gasteiger charge is 2.37. The van der Waals surface area contributed by atoms with Crippen LogP contribution >= 0.6 is 0 Å². The topological polar surface area (TPSA) is 61.2 Å². The maximum atomic E-state index is 15.0. The van der Waals surface area contributed by atoms with Crippen molar-refractivity contribution >= 4 is 0 Å². The third-order valence-electron chi connectivity index (χ3n) is 4.88. The van der Waals surface area contributed by atoms with Gasteiger partial charge in [0.25, 0.3) is 0 Å². The van der Waals surface area contributed by atoms with Crippen molar-refractivity contribution < 1.29 is 13.9 Å². The molecule has 1 aromatic carbocycles. The zero-order chi connectivity index (χ0) is 18.8. The third-order valence-corrected chi connectivity index (χ3v) is 4.88. The Balaban J connectivity index is 1.91. The zero-order valence-electron chi connectivity index (χ0n) is 15.9. The summed E-state index contributed by atoms with van der Waals surface area (Å²) < 4.78 is 27.6. The molecule has 0 saturated carbocycles. The molecule has 1 aromatic heterocycles. The van der Waals surface area contributed by atoms with Gasteiger partial charge in [0.05, 0.1) is 24.7 Å². The van der Waals surface area contributed by atoms with E-state index >= 15 is 0 Å². The van der Waals surface area contributed by atoms with E-state index in [9.17, 15) is 4.39 Å². The number of nitrogens with one attached hydrogen (secondary N) is 1. The van der Waals surface area contributed by atoms with Gasteiger partial charge in [-0.25, -0.2) is 14.1 Å². The lowest BCUT2D eigenvalue weighted by Crippen LogP contribution is -2.47. The van der Waals surface area contributed by atoms with E-state index in [1.807, 2.05) is 16.8 Å². The molecule has 0 radical (unpaired) electrons. The van der Waals surface area contributed by atoms with Crippen LogP contribution in [0.4, 0.5) is 4.39 Å². The molecular weight excluding hydrogens is 335 g/mol. The van der Waals surface area contributed by atoms with Gasteiger partial charge in [-0.15, -0.1) is 0 Å². The van der Waals surface area contributed by atoms with Crippen LogP contribution in [0.5, 0.6) is 5.75 Å². The predicted molar refractivity (Wildman–Crippen MR) is 96.5 cm³/mol. The minimum atomic E-state index is -0.522. The van der Waals surface area contributed by atoms with Crippen LogP contribution in [0.2, 0.25) is 0 Å². The fourth-order valence-electron chi connectivity index (χ4n) is 3.49.